The van der Waals surface area contributed by atoms with Gasteiger partial charge in [-0.1, -0.05) is 11.2 Å². The number of anilines is 1. The van der Waals surface area contributed by atoms with Crippen molar-refractivity contribution in [3.8, 4) is 0 Å². The van der Waals surface area contributed by atoms with Gasteiger partial charge in [0, 0.05) is 29.7 Å². The second-order valence-corrected chi connectivity index (χ2v) is 11.0. The molecule has 0 bridgehead atoms. The van der Waals surface area contributed by atoms with Crippen molar-refractivity contribution >= 4 is 63.3 Å². The topological polar surface area (TPSA) is 183 Å². The number of ether oxygens (including phenoxy) is 1. The van der Waals surface area contributed by atoms with Crippen molar-refractivity contribution in [2.75, 3.05) is 25.2 Å². The van der Waals surface area contributed by atoms with E-state index in [2.05, 4.69) is 15.5 Å². The van der Waals surface area contributed by atoms with E-state index in [4.69, 9.17) is 15.3 Å². The Morgan fingerprint density at radius 2 is 2.12 bits per heavy atom. The van der Waals surface area contributed by atoms with Crippen molar-refractivity contribution in [3.63, 3.8) is 0 Å². The van der Waals surface area contributed by atoms with E-state index in [9.17, 15) is 24.3 Å². The molecule has 4 N–H and O–H groups in total. The number of amides is 2. The number of nitrogens with zero attached hydrogens (tertiary/aromatic N) is 5. The third kappa shape index (κ3) is 4.88. The van der Waals surface area contributed by atoms with E-state index in [1.54, 1.807) is 30.5 Å². The van der Waals surface area contributed by atoms with Gasteiger partial charge in [-0.05, 0) is 13.0 Å². The average Bonchev–Trinajstić information content (AvgIpc) is 3.50. The van der Waals surface area contributed by atoms with Gasteiger partial charge in [-0.25, -0.2) is 19.1 Å². The summed E-state index contributed by atoms with van der Waals surface area (Å²) in [5.41, 5.74) is 7.61. The molecule has 41 heavy (non-hydrogen) atoms. The van der Waals surface area contributed by atoms with E-state index in [1.807, 2.05) is 16.7 Å². The molecule has 5 rings (SSSR count). The number of nitrogen functional groups attached to an aromatic ring is 1. The minimum absolute atomic E-state index is 0.122. The maximum absolute atomic E-state index is 13.2. The number of aromatic nitrogens is 3. The molecule has 214 valence electrons. The van der Waals surface area contributed by atoms with Crippen LogP contribution in [0.4, 0.5) is 5.13 Å². The minimum Gasteiger partial charge on any atom is -0.477 e. The first-order chi connectivity index (χ1) is 19.7. The highest BCUT2D eigenvalue weighted by Crippen LogP contribution is 2.41. The van der Waals surface area contributed by atoms with Gasteiger partial charge < -0.3 is 25.7 Å². The second kappa shape index (κ2) is 11.2. The molecule has 3 aromatic rings. The molecule has 2 aliphatic rings. The summed E-state index contributed by atoms with van der Waals surface area (Å²) in [5, 5.41) is 17.6. The third-order valence-corrected chi connectivity index (χ3v) is 8.63. The zero-order chi connectivity index (χ0) is 29.4. The fourth-order valence-corrected chi connectivity index (χ4v) is 6.74. The average molecular weight is 601 g/mol. The van der Waals surface area contributed by atoms with Gasteiger partial charge >= 0.3 is 11.9 Å². The molecule has 0 unspecified atom stereocenters. The van der Waals surface area contributed by atoms with Gasteiger partial charge in [0.15, 0.2) is 16.5 Å². The Labute approximate surface area is 241 Å². The lowest BCUT2D eigenvalue weighted by Crippen LogP contribution is -2.71. The lowest BCUT2D eigenvalue weighted by Gasteiger charge is -2.49. The van der Waals surface area contributed by atoms with Crippen molar-refractivity contribution in [3.05, 3.63) is 58.1 Å². The number of carbonyl (C=O) groups excluding carboxylic acids is 3. The first kappa shape index (κ1) is 28.1. The number of carboxylic acids is 1. The Balaban J connectivity index is 1.43. The molecule has 2 atom stereocenters. The predicted octanol–water partition coefficient (Wildman–Crippen LogP) is 0.540. The Morgan fingerprint density at radius 3 is 2.78 bits per heavy atom. The molecule has 0 saturated carbocycles. The highest BCUT2D eigenvalue weighted by molar-refractivity contribution is 8.00. The summed E-state index contributed by atoms with van der Waals surface area (Å²) in [6.07, 6.45) is 1.73. The summed E-state index contributed by atoms with van der Waals surface area (Å²) < 4.78 is 8.76. The predicted molar refractivity (Wildman–Crippen MR) is 148 cm³/mol. The van der Waals surface area contributed by atoms with Gasteiger partial charge in [-0.3, -0.25) is 14.5 Å². The Kier molecular flexibility index (Phi) is 7.68. The number of carbonyl (C=O) groups is 4. The Morgan fingerprint density at radius 1 is 1.34 bits per heavy atom. The number of fused-ring (bicyclic) bond motifs is 2. The zero-order valence-corrected chi connectivity index (χ0v) is 23.8. The number of rotatable bonds is 9. The monoisotopic (exact) mass is 600 g/mol. The van der Waals surface area contributed by atoms with E-state index >= 15 is 0 Å². The van der Waals surface area contributed by atoms with Crippen molar-refractivity contribution in [1.82, 2.24) is 19.8 Å². The lowest BCUT2D eigenvalue weighted by molar-refractivity contribution is -0.514. The van der Waals surface area contributed by atoms with E-state index < -0.39 is 35.2 Å². The van der Waals surface area contributed by atoms with Crippen LogP contribution in [0.15, 0.2) is 46.2 Å². The first-order valence-corrected chi connectivity index (χ1v) is 14.3. The number of imidazole rings is 1. The fourth-order valence-electron chi connectivity index (χ4n) is 4.86. The van der Waals surface area contributed by atoms with Crippen molar-refractivity contribution in [1.29, 1.82) is 0 Å². The smallest absolute Gasteiger partial charge is 0.383 e. The summed E-state index contributed by atoms with van der Waals surface area (Å²) in [5.74, 6) is -2.77. The van der Waals surface area contributed by atoms with Gasteiger partial charge in [-0.15, -0.1) is 23.1 Å². The van der Waals surface area contributed by atoms with Crippen LogP contribution in [0.5, 0.6) is 0 Å². The van der Waals surface area contributed by atoms with Crippen LogP contribution in [0.3, 0.4) is 0 Å². The molecule has 0 spiro atoms. The number of β-lactam (4-membered cyclic amide) rings is 1. The summed E-state index contributed by atoms with van der Waals surface area (Å²) in [4.78, 5) is 61.4. The number of esters is 1. The molecule has 1 fully saturated rings. The summed E-state index contributed by atoms with van der Waals surface area (Å²) in [6.45, 7) is 3.80. The molecule has 14 nitrogen and oxygen atoms in total. The number of thiazole rings is 1. The maximum atomic E-state index is 13.2. The number of carboxylic acid groups (broad SMARTS) is 1. The first-order valence-electron chi connectivity index (χ1n) is 12.4. The highest BCUT2D eigenvalue weighted by atomic mass is 32.2. The number of oxime groups is 1. The van der Waals surface area contributed by atoms with Gasteiger partial charge in [0.2, 0.25) is 0 Å². The van der Waals surface area contributed by atoms with Crippen LogP contribution < -0.4 is 15.5 Å². The number of hydrogen-bond acceptors (Lipinski definition) is 11. The molecule has 2 amide bonds. The van der Waals surface area contributed by atoms with Gasteiger partial charge in [0.1, 0.15) is 36.5 Å². The van der Waals surface area contributed by atoms with E-state index in [0.717, 1.165) is 11.3 Å². The number of thioether (sulfide) groups is 1. The van der Waals surface area contributed by atoms with Crippen LogP contribution in [0.25, 0.3) is 5.65 Å². The summed E-state index contributed by atoms with van der Waals surface area (Å²) >= 11 is 2.44. The summed E-state index contributed by atoms with van der Waals surface area (Å²) in [6, 6.07) is 4.42. The third-order valence-electron chi connectivity index (χ3n) is 6.62. The molecule has 0 radical (unpaired) electrons. The molecular formula is C25H26N7O7S2+. The van der Waals surface area contributed by atoms with Gasteiger partial charge in [-0.2, -0.15) is 4.40 Å². The SMILES string of the molecule is CCOC(=O)c1c(C)n(CC2=C(C(=O)O)N3C(=O)[C@@H](NC(=O)/C(=N\OC)c4csc(N)n4)[C@H]3SC2)c2cccc[n+]12. The van der Waals surface area contributed by atoms with Crippen molar-refractivity contribution in [2.45, 2.75) is 31.8 Å². The van der Waals surface area contributed by atoms with E-state index in [-0.39, 0.29) is 41.1 Å². The fraction of sp³-hybridized carbons (Fsp3) is 0.320. The lowest BCUT2D eigenvalue weighted by atomic mass is 10.0. The number of hydrogen-bond donors (Lipinski definition) is 3. The Hall–Kier alpha value is -4.44. The zero-order valence-electron chi connectivity index (χ0n) is 22.2. The molecular weight excluding hydrogens is 574 g/mol. The molecule has 3 aromatic heterocycles. The number of nitrogens with two attached hydrogens (primary N) is 1. The summed E-state index contributed by atoms with van der Waals surface area (Å²) in [7, 11) is 1.27. The standard InChI is InChI=1S/C25H25N7O7S2/c1-4-39-24(37)18-12(2)31(15-7-5-6-8-30(15)18)9-13-10-40-22-17(21(34)32(22)19(13)23(35)36)28-20(33)16(29-38-3)14-11-41-25(26)27-14/h5-8,11,17,22H,4,9-10H2,1-3H3,(H3-,26,27,28,33,35,36)/p+1/b29-16-/t17-,22-/m1/s1. The molecule has 16 heteroatoms. The van der Waals surface area contributed by atoms with Crippen molar-refractivity contribution < 1.29 is 38.3 Å². The van der Waals surface area contributed by atoms with Gasteiger partial charge in [0.25, 0.3) is 23.2 Å². The normalized spacial score (nSPS) is 18.7. The maximum Gasteiger partial charge on any atom is 0.383 e. The van der Waals surface area contributed by atoms with Crippen LogP contribution in [0.2, 0.25) is 0 Å². The molecule has 0 aromatic carbocycles. The second-order valence-electron chi connectivity index (χ2n) is 8.98. The van der Waals surface area contributed by atoms with Crippen LogP contribution in [0.1, 0.15) is 28.8 Å². The van der Waals surface area contributed by atoms with E-state index in [1.165, 1.54) is 29.2 Å². The molecule has 1 saturated heterocycles. The van der Waals surface area contributed by atoms with Crippen LogP contribution >= 0.6 is 23.1 Å². The van der Waals surface area contributed by atoms with Crippen LogP contribution in [-0.2, 0) is 30.5 Å². The number of aliphatic carboxylic acids is 1. The molecule has 0 aliphatic carbocycles. The molecule has 2 aliphatic heterocycles. The highest BCUT2D eigenvalue weighted by Gasteiger charge is 2.54. The van der Waals surface area contributed by atoms with Crippen LogP contribution in [-0.4, -0.2) is 79.9 Å². The van der Waals surface area contributed by atoms with E-state index in [0.29, 0.717) is 22.6 Å². The Bertz CT molecular complexity index is 1640. The van der Waals surface area contributed by atoms with Crippen molar-refractivity contribution in [2.24, 2.45) is 5.16 Å². The number of pyridine rings is 1. The minimum atomic E-state index is -1.27. The molecule has 5 heterocycles. The quantitative estimate of drug-likeness (QED) is 0.103. The number of nitrogens with one attached hydrogen (secondary N) is 1. The van der Waals surface area contributed by atoms with Crippen LogP contribution in [0, 0.1) is 6.92 Å². The van der Waals surface area contributed by atoms with Gasteiger partial charge in [0.05, 0.1) is 12.8 Å². The largest absolute Gasteiger partial charge is 0.477 e.